The van der Waals surface area contributed by atoms with Crippen LogP contribution in [0.4, 0.5) is 0 Å². The van der Waals surface area contributed by atoms with Gasteiger partial charge in [-0.2, -0.15) is 0 Å². The predicted octanol–water partition coefficient (Wildman–Crippen LogP) is 3.17. The van der Waals surface area contributed by atoms with E-state index in [0.717, 1.165) is 11.1 Å². The fraction of sp³-hybridized carbons (Fsp3) is 0.429. The molecule has 4 atom stereocenters. The van der Waals surface area contributed by atoms with E-state index in [1.54, 1.807) is 14.2 Å². The van der Waals surface area contributed by atoms with E-state index in [4.69, 9.17) is 23.7 Å². The Labute approximate surface area is 154 Å². The van der Waals surface area contributed by atoms with Crippen LogP contribution in [-0.2, 0) is 36.9 Å². The van der Waals surface area contributed by atoms with Crippen molar-refractivity contribution in [2.24, 2.45) is 0 Å². The predicted molar refractivity (Wildman–Crippen MR) is 97.6 cm³/mol. The summed E-state index contributed by atoms with van der Waals surface area (Å²) in [5.74, 6) is 0. The molecule has 1 heterocycles. The largest absolute Gasteiger partial charge is 0.374 e. The molecular formula is C21H26O5. The summed E-state index contributed by atoms with van der Waals surface area (Å²) in [4.78, 5) is 0. The maximum Gasteiger partial charge on any atom is 0.186 e. The van der Waals surface area contributed by atoms with E-state index in [1.807, 2.05) is 60.7 Å². The molecule has 26 heavy (non-hydrogen) atoms. The molecule has 140 valence electrons. The second-order valence-electron chi connectivity index (χ2n) is 6.24. The lowest BCUT2D eigenvalue weighted by Crippen LogP contribution is -2.38. The lowest BCUT2D eigenvalue weighted by atomic mass is 10.1. The maximum atomic E-state index is 6.13. The summed E-state index contributed by atoms with van der Waals surface area (Å²) >= 11 is 0. The molecule has 1 fully saturated rings. The molecule has 0 radical (unpaired) electrons. The molecule has 0 amide bonds. The molecule has 0 N–H and O–H groups in total. The molecule has 0 saturated carbocycles. The Morgan fingerprint density at radius 3 is 1.96 bits per heavy atom. The third-order valence-electron chi connectivity index (χ3n) is 4.45. The molecule has 0 bridgehead atoms. The first-order valence-corrected chi connectivity index (χ1v) is 8.80. The molecule has 3 rings (SSSR count). The summed E-state index contributed by atoms with van der Waals surface area (Å²) in [6, 6.07) is 20.1. The van der Waals surface area contributed by atoms with E-state index in [1.165, 1.54) is 0 Å². The number of hydrogen-bond acceptors (Lipinski definition) is 5. The van der Waals surface area contributed by atoms with Gasteiger partial charge in [-0.3, -0.25) is 0 Å². The van der Waals surface area contributed by atoms with Gasteiger partial charge in [0, 0.05) is 14.2 Å². The van der Waals surface area contributed by atoms with Gasteiger partial charge >= 0.3 is 0 Å². The van der Waals surface area contributed by atoms with Crippen LogP contribution in [0.2, 0.25) is 0 Å². The first kappa shape index (κ1) is 19.0. The zero-order chi connectivity index (χ0) is 18.2. The van der Waals surface area contributed by atoms with E-state index in [9.17, 15) is 0 Å². The lowest BCUT2D eigenvalue weighted by molar-refractivity contribution is -0.162. The lowest BCUT2D eigenvalue weighted by Gasteiger charge is -2.23. The highest BCUT2D eigenvalue weighted by Crippen LogP contribution is 2.28. The van der Waals surface area contributed by atoms with Gasteiger partial charge in [-0.25, -0.2) is 0 Å². The van der Waals surface area contributed by atoms with E-state index in [2.05, 4.69) is 0 Å². The van der Waals surface area contributed by atoms with Crippen LogP contribution in [0, 0.1) is 0 Å². The average molecular weight is 358 g/mol. The molecule has 0 unspecified atom stereocenters. The van der Waals surface area contributed by atoms with Gasteiger partial charge < -0.3 is 23.7 Å². The van der Waals surface area contributed by atoms with Crippen molar-refractivity contribution in [2.45, 2.75) is 37.8 Å². The third-order valence-corrected chi connectivity index (χ3v) is 4.45. The second kappa shape index (κ2) is 9.80. The molecule has 1 aliphatic rings. The van der Waals surface area contributed by atoms with Crippen LogP contribution in [0.3, 0.4) is 0 Å². The number of rotatable bonds is 9. The highest BCUT2D eigenvalue weighted by Gasteiger charge is 2.46. The van der Waals surface area contributed by atoms with Crippen LogP contribution in [0.5, 0.6) is 0 Å². The first-order valence-electron chi connectivity index (χ1n) is 8.80. The Balaban J connectivity index is 1.59. The van der Waals surface area contributed by atoms with Gasteiger partial charge in [-0.15, -0.1) is 0 Å². The topological polar surface area (TPSA) is 46.2 Å². The smallest absolute Gasteiger partial charge is 0.186 e. The average Bonchev–Trinajstić information content (AvgIpc) is 3.04. The Kier molecular flexibility index (Phi) is 7.17. The van der Waals surface area contributed by atoms with Crippen molar-refractivity contribution in [3.8, 4) is 0 Å². The van der Waals surface area contributed by atoms with Gasteiger partial charge in [0.25, 0.3) is 0 Å². The van der Waals surface area contributed by atoms with Crippen LogP contribution in [-0.4, -0.2) is 45.4 Å². The molecular weight excluding hydrogens is 332 g/mol. The van der Waals surface area contributed by atoms with Gasteiger partial charge in [0.15, 0.2) is 6.29 Å². The molecule has 5 heteroatoms. The molecule has 0 spiro atoms. The van der Waals surface area contributed by atoms with Crippen LogP contribution in [0.15, 0.2) is 60.7 Å². The minimum atomic E-state index is -0.467. The van der Waals surface area contributed by atoms with Crippen molar-refractivity contribution >= 4 is 0 Å². The Hall–Kier alpha value is -1.76. The van der Waals surface area contributed by atoms with Gasteiger partial charge in [0.1, 0.15) is 18.3 Å². The van der Waals surface area contributed by atoms with Crippen molar-refractivity contribution in [1.29, 1.82) is 0 Å². The van der Waals surface area contributed by atoms with Crippen molar-refractivity contribution in [1.82, 2.24) is 0 Å². The maximum absolute atomic E-state index is 6.13. The fourth-order valence-electron chi connectivity index (χ4n) is 3.10. The summed E-state index contributed by atoms with van der Waals surface area (Å²) in [6.07, 6.45) is -1.28. The van der Waals surface area contributed by atoms with Crippen molar-refractivity contribution in [3.63, 3.8) is 0 Å². The van der Waals surface area contributed by atoms with Gasteiger partial charge in [0.05, 0.1) is 19.8 Å². The third kappa shape index (κ3) is 4.90. The van der Waals surface area contributed by atoms with Gasteiger partial charge in [0.2, 0.25) is 0 Å². The monoisotopic (exact) mass is 358 g/mol. The summed E-state index contributed by atoms with van der Waals surface area (Å²) in [7, 11) is 3.25. The summed E-state index contributed by atoms with van der Waals surface area (Å²) in [5.41, 5.74) is 2.23. The summed E-state index contributed by atoms with van der Waals surface area (Å²) in [6.45, 7) is 1.43. The summed E-state index contributed by atoms with van der Waals surface area (Å²) in [5, 5.41) is 0. The number of ether oxygens (including phenoxy) is 5. The highest BCUT2D eigenvalue weighted by atomic mass is 16.7. The first-order chi connectivity index (χ1) is 12.8. The fourth-order valence-corrected chi connectivity index (χ4v) is 3.10. The number of methoxy groups -OCH3 is 2. The normalized spacial score (nSPS) is 25.5. The van der Waals surface area contributed by atoms with Gasteiger partial charge in [-0.05, 0) is 11.1 Å². The Morgan fingerprint density at radius 1 is 0.769 bits per heavy atom. The number of hydrogen-bond donors (Lipinski definition) is 0. The molecule has 2 aromatic carbocycles. The van der Waals surface area contributed by atoms with Crippen molar-refractivity contribution in [3.05, 3.63) is 71.8 Å². The Bertz CT molecular complexity index is 633. The number of benzene rings is 2. The van der Waals surface area contributed by atoms with Crippen LogP contribution >= 0.6 is 0 Å². The van der Waals surface area contributed by atoms with E-state index >= 15 is 0 Å². The van der Waals surface area contributed by atoms with Crippen molar-refractivity contribution < 1.29 is 23.7 Å². The SMILES string of the molecule is CO[C@@H]1O[C@H](COCc2ccccc2)[C@@H](OCc2ccccc2)[C@H]1OC. The molecule has 0 aliphatic carbocycles. The minimum Gasteiger partial charge on any atom is -0.374 e. The van der Waals surface area contributed by atoms with Gasteiger partial charge in [-0.1, -0.05) is 60.7 Å². The highest BCUT2D eigenvalue weighted by molar-refractivity contribution is 5.14. The van der Waals surface area contributed by atoms with Crippen LogP contribution in [0.1, 0.15) is 11.1 Å². The second-order valence-corrected chi connectivity index (χ2v) is 6.24. The van der Waals surface area contributed by atoms with E-state index in [0.29, 0.717) is 19.8 Å². The minimum absolute atomic E-state index is 0.252. The molecule has 1 saturated heterocycles. The summed E-state index contributed by atoms with van der Waals surface area (Å²) < 4.78 is 28.9. The van der Waals surface area contributed by atoms with E-state index in [-0.39, 0.29) is 18.3 Å². The zero-order valence-electron chi connectivity index (χ0n) is 15.2. The quantitative estimate of drug-likeness (QED) is 0.689. The molecule has 5 nitrogen and oxygen atoms in total. The standard InChI is InChI=1S/C21H26O5/c1-22-20-19(25-14-17-11-7-4-8-12-17)18(26-21(20)23-2)15-24-13-16-9-5-3-6-10-16/h3-12,18-21H,13-15H2,1-2H3/t18-,19-,20-,21-/m1/s1. The molecule has 0 aromatic heterocycles. The van der Waals surface area contributed by atoms with Crippen LogP contribution in [0.25, 0.3) is 0 Å². The zero-order valence-corrected chi connectivity index (χ0v) is 15.2. The Morgan fingerprint density at radius 2 is 1.38 bits per heavy atom. The molecule has 1 aliphatic heterocycles. The van der Waals surface area contributed by atoms with Crippen LogP contribution < -0.4 is 0 Å². The molecule has 2 aromatic rings. The van der Waals surface area contributed by atoms with E-state index < -0.39 is 6.29 Å². The van der Waals surface area contributed by atoms with Crippen molar-refractivity contribution in [2.75, 3.05) is 20.8 Å².